The minimum atomic E-state index is -0.493. The van der Waals surface area contributed by atoms with Gasteiger partial charge in [-0.1, -0.05) is 79.7 Å². The first-order valence-electron chi connectivity index (χ1n) is 17.2. The van der Waals surface area contributed by atoms with Crippen LogP contribution in [0.25, 0.3) is 11.1 Å². The molecule has 46 heavy (non-hydrogen) atoms. The molecule has 3 fully saturated rings. The van der Waals surface area contributed by atoms with Gasteiger partial charge in [0.25, 0.3) is 0 Å². The molecule has 0 unspecified atom stereocenters. The Labute approximate surface area is 274 Å². The van der Waals surface area contributed by atoms with Crippen LogP contribution >= 0.6 is 0 Å². The molecule has 0 aromatic heterocycles. The second-order valence-corrected chi connectivity index (χ2v) is 13.1. The van der Waals surface area contributed by atoms with Crippen molar-refractivity contribution in [3.63, 3.8) is 0 Å². The fraction of sp³-hybridized carbons (Fsp3) is 0.500. The van der Waals surface area contributed by atoms with Crippen LogP contribution in [0.3, 0.4) is 0 Å². The maximum atomic E-state index is 12.0. The summed E-state index contributed by atoms with van der Waals surface area (Å²) >= 11 is 0. The van der Waals surface area contributed by atoms with Gasteiger partial charge in [-0.15, -0.1) is 0 Å². The number of nitrogens with zero attached hydrogens (tertiary/aromatic N) is 2. The number of rotatable bonds is 11. The topological polar surface area (TPSA) is 86.3 Å². The molecule has 8 nitrogen and oxygen atoms in total. The first-order valence-corrected chi connectivity index (χ1v) is 17.2. The summed E-state index contributed by atoms with van der Waals surface area (Å²) in [5.74, 6) is 0.160. The second-order valence-electron chi connectivity index (χ2n) is 13.1. The van der Waals surface area contributed by atoms with E-state index in [0.29, 0.717) is 19.1 Å². The summed E-state index contributed by atoms with van der Waals surface area (Å²) in [6, 6.07) is 25.2. The Morgan fingerprint density at radius 1 is 0.870 bits per heavy atom. The number of carbonyl (C=O) groups excluding carboxylic acids is 1. The zero-order chi connectivity index (χ0) is 31.9. The van der Waals surface area contributed by atoms with Crippen LogP contribution in [0.2, 0.25) is 0 Å². The Balaban J connectivity index is 1.21. The van der Waals surface area contributed by atoms with Gasteiger partial charge in [0.15, 0.2) is 6.29 Å². The lowest BCUT2D eigenvalue weighted by Gasteiger charge is -2.43. The zero-order valence-electron chi connectivity index (χ0n) is 27.4. The molecule has 2 amide bonds. The minimum Gasteiger partial charge on any atom is -0.392 e. The molecule has 3 aliphatic rings. The second kappa shape index (κ2) is 15.5. The Morgan fingerprint density at radius 2 is 1.61 bits per heavy atom. The van der Waals surface area contributed by atoms with Crippen molar-refractivity contribution in [1.82, 2.24) is 20.4 Å². The van der Waals surface area contributed by atoms with E-state index in [2.05, 4.69) is 75.9 Å². The van der Waals surface area contributed by atoms with Crippen molar-refractivity contribution in [1.29, 1.82) is 0 Å². The van der Waals surface area contributed by atoms with Gasteiger partial charge in [-0.05, 0) is 80.1 Å². The van der Waals surface area contributed by atoms with Crippen LogP contribution in [0.4, 0.5) is 4.79 Å². The molecule has 8 heteroatoms. The highest BCUT2D eigenvalue weighted by Gasteiger charge is 2.40. The summed E-state index contributed by atoms with van der Waals surface area (Å²) < 4.78 is 13.6. The van der Waals surface area contributed by atoms with Crippen LogP contribution in [-0.4, -0.2) is 72.4 Å². The SMILES string of the molecule is CCNC(=O)NCc1ccccc1-c1ccc([C@@H]2O[C@H](CN3CCC[C@H]3CN3CCCC3)[C@H](C)[C@H](c3ccc(CO)cc3)O2)cc1. The lowest BCUT2D eigenvalue weighted by molar-refractivity contribution is -0.276. The number of carbonyl (C=O) groups is 1. The van der Waals surface area contributed by atoms with Crippen molar-refractivity contribution in [2.24, 2.45) is 5.92 Å². The standard InChI is InChI=1S/C38H50N4O4/c1-3-39-38(44)40-23-32-9-4-5-11-34(32)29-16-18-31(19-17-29)37-45-35(25-42-22-8-10-33(42)24-41-20-6-7-21-41)27(2)36(46-37)30-14-12-28(26-43)13-15-30/h4-5,9,11-19,27,33,35-37,43H,3,6-8,10,20-26H2,1-2H3,(H2,39,40,44)/t27-,33-,35+,36+,37+/m0/s1. The predicted octanol–water partition coefficient (Wildman–Crippen LogP) is 6.02. The lowest BCUT2D eigenvalue weighted by Crippen LogP contribution is -2.48. The number of hydrogen-bond acceptors (Lipinski definition) is 6. The summed E-state index contributed by atoms with van der Waals surface area (Å²) in [5, 5.41) is 15.4. The van der Waals surface area contributed by atoms with Gasteiger partial charge >= 0.3 is 6.03 Å². The molecule has 3 N–H and O–H groups in total. The Hall–Kier alpha value is -3.27. The fourth-order valence-electron chi connectivity index (χ4n) is 7.34. The third kappa shape index (κ3) is 7.81. The molecule has 3 aliphatic heterocycles. The number of aliphatic hydroxyl groups is 1. The van der Waals surface area contributed by atoms with E-state index in [1.165, 1.54) is 38.8 Å². The van der Waals surface area contributed by atoms with Crippen LogP contribution in [-0.2, 0) is 22.6 Å². The maximum Gasteiger partial charge on any atom is 0.315 e. The molecule has 3 aromatic rings. The number of hydrogen-bond donors (Lipinski definition) is 3. The van der Waals surface area contributed by atoms with Crippen LogP contribution in [0.15, 0.2) is 72.8 Å². The third-order valence-corrected chi connectivity index (χ3v) is 9.99. The Bertz CT molecular complexity index is 1410. The largest absolute Gasteiger partial charge is 0.392 e. The molecular formula is C38H50N4O4. The van der Waals surface area contributed by atoms with E-state index in [1.807, 2.05) is 31.2 Å². The molecule has 0 aliphatic carbocycles. The highest BCUT2D eigenvalue weighted by atomic mass is 16.7. The normalized spacial score (nSPS) is 25.5. The van der Waals surface area contributed by atoms with Gasteiger partial charge in [0.2, 0.25) is 0 Å². The zero-order valence-corrected chi connectivity index (χ0v) is 27.4. The molecule has 3 saturated heterocycles. The highest BCUT2D eigenvalue weighted by molar-refractivity contribution is 5.74. The molecular weight excluding hydrogens is 576 g/mol. The minimum absolute atomic E-state index is 0.0150. The van der Waals surface area contributed by atoms with Crippen LogP contribution < -0.4 is 10.6 Å². The number of likely N-dealkylation sites (tertiary alicyclic amines) is 2. The quantitative estimate of drug-likeness (QED) is 0.242. The summed E-state index contributed by atoms with van der Waals surface area (Å²) in [5.41, 5.74) is 6.23. The molecule has 0 bridgehead atoms. The van der Waals surface area contributed by atoms with E-state index in [4.69, 9.17) is 9.47 Å². The summed E-state index contributed by atoms with van der Waals surface area (Å²) in [4.78, 5) is 17.3. The molecule has 246 valence electrons. The van der Waals surface area contributed by atoms with Crippen molar-refractivity contribution in [3.05, 3.63) is 95.1 Å². The molecule has 0 saturated carbocycles. The van der Waals surface area contributed by atoms with E-state index >= 15 is 0 Å². The van der Waals surface area contributed by atoms with Crippen molar-refractivity contribution in [2.75, 3.05) is 39.3 Å². The van der Waals surface area contributed by atoms with E-state index in [9.17, 15) is 9.90 Å². The van der Waals surface area contributed by atoms with E-state index in [-0.39, 0.29) is 30.8 Å². The van der Waals surface area contributed by atoms with Crippen LogP contribution in [0, 0.1) is 5.92 Å². The number of urea groups is 1. The summed E-state index contributed by atoms with van der Waals surface area (Å²) in [7, 11) is 0. The van der Waals surface area contributed by atoms with Crippen LogP contribution in [0.1, 0.15) is 74.2 Å². The molecule has 3 heterocycles. The number of nitrogens with one attached hydrogen (secondary N) is 2. The average molecular weight is 627 g/mol. The van der Waals surface area contributed by atoms with Crippen molar-refractivity contribution < 1.29 is 19.4 Å². The molecule has 6 rings (SSSR count). The van der Waals surface area contributed by atoms with Gasteiger partial charge < -0.3 is 30.1 Å². The highest BCUT2D eigenvalue weighted by Crippen LogP contribution is 2.42. The summed E-state index contributed by atoms with van der Waals surface area (Å²) in [6.45, 7) is 10.9. The van der Waals surface area contributed by atoms with Crippen LogP contribution in [0.5, 0.6) is 0 Å². The lowest BCUT2D eigenvalue weighted by atomic mass is 9.89. The third-order valence-electron chi connectivity index (χ3n) is 9.99. The molecule has 0 spiro atoms. The molecule has 5 atom stereocenters. The smallest absolute Gasteiger partial charge is 0.315 e. The Morgan fingerprint density at radius 3 is 2.35 bits per heavy atom. The average Bonchev–Trinajstić information content (AvgIpc) is 3.77. The summed E-state index contributed by atoms with van der Waals surface area (Å²) in [6.07, 6.45) is 4.54. The first kappa shape index (κ1) is 32.7. The number of benzene rings is 3. The van der Waals surface area contributed by atoms with Gasteiger partial charge in [-0.25, -0.2) is 4.79 Å². The van der Waals surface area contributed by atoms with Gasteiger partial charge in [0, 0.05) is 43.7 Å². The monoisotopic (exact) mass is 626 g/mol. The molecule has 0 radical (unpaired) electrons. The predicted molar refractivity (Wildman–Crippen MR) is 181 cm³/mol. The van der Waals surface area contributed by atoms with Gasteiger partial charge in [-0.3, -0.25) is 4.90 Å². The van der Waals surface area contributed by atoms with E-state index in [0.717, 1.165) is 53.0 Å². The Kier molecular flexibility index (Phi) is 11.0. The van der Waals surface area contributed by atoms with Crippen molar-refractivity contribution >= 4 is 6.03 Å². The van der Waals surface area contributed by atoms with Gasteiger partial charge in [-0.2, -0.15) is 0 Å². The number of aliphatic hydroxyl groups excluding tert-OH is 1. The van der Waals surface area contributed by atoms with Gasteiger partial charge in [0.05, 0.1) is 18.8 Å². The van der Waals surface area contributed by atoms with E-state index in [1.54, 1.807) is 0 Å². The number of amides is 2. The van der Waals surface area contributed by atoms with Gasteiger partial charge in [0.1, 0.15) is 0 Å². The number of ether oxygens (including phenoxy) is 2. The van der Waals surface area contributed by atoms with E-state index < -0.39 is 6.29 Å². The maximum absolute atomic E-state index is 12.0. The molecule has 3 aromatic carbocycles. The first-order chi connectivity index (χ1) is 22.5. The fourth-order valence-corrected chi connectivity index (χ4v) is 7.34. The van der Waals surface area contributed by atoms with Crippen molar-refractivity contribution in [2.45, 2.75) is 77.2 Å². The van der Waals surface area contributed by atoms with Crippen molar-refractivity contribution in [3.8, 4) is 11.1 Å².